The number of nitrogen functional groups attached to an aromatic ring is 1. The standard InChI is InChI=1S/C24H25F2N5O4.C21H23F2N5O3.C3H3ClO/c1-3-22(32)28-16-5-4-6-17(13-16)29-23-20(26)15-27-24(31-23)30-18-7-8-21(19(25)14-18)35-12-11-34-10-9-33-2;1-29-7-8-30-9-10-31-19-6-5-16(12-17(19)22)27-21-25-13-18(23)20(28-21)26-15-4-2-3-14(24)11-15;1-2-3(4)5/h3-8,13-15H,1,9-12H2,2H3,(H,28,32)(H2,27,29,30,31);2-6,11-13H,7-10,24H2,1H3,(H2,25,26,27,28);2H,1H2. The summed E-state index contributed by atoms with van der Waals surface area (Å²) in [5.41, 5.74) is 8.52. The first-order valence-electron chi connectivity index (χ1n) is 21.1. The Labute approximate surface area is 411 Å². The molecule has 23 heteroatoms. The molecule has 0 bridgehead atoms. The van der Waals surface area contributed by atoms with Crippen LogP contribution in [0.1, 0.15) is 0 Å². The van der Waals surface area contributed by atoms with Gasteiger partial charge in [0.1, 0.15) is 13.2 Å². The number of carbonyl (C=O) groups excluding carboxylic acids is 2. The molecule has 0 fully saturated rings. The number of benzene rings is 4. The second-order valence-corrected chi connectivity index (χ2v) is 14.3. The van der Waals surface area contributed by atoms with Gasteiger partial charge in [0.25, 0.3) is 0 Å². The molecule has 376 valence electrons. The number of nitrogens with one attached hydrogen (secondary N) is 5. The monoisotopic (exact) mass is 1010 g/mol. The molecule has 0 atom stereocenters. The highest BCUT2D eigenvalue weighted by Gasteiger charge is 2.13. The van der Waals surface area contributed by atoms with Crippen molar-refractivity contribution in [2.75, 3.05) is 99.4 Å². The maximum absolute atomic E-state index is 14.4. The number of carbonyl (C=O) groups is 2. The lowest BCUT2D eigenvalue weighted by Crippen LogP contribution is -2.10. The first kappa shape index (κ1) is 55.7. The van der Waals surface area contributed by atoms with E-state index < -0.39 is 28.5 Å². The van der Waals surface area contributed by atoms with E-state index in [1.807, 2.05) is 0 Å². The van der Waals surface area contributed by atoms with Crippen molar-refractivity contribution < 1.29 is 55.6 Å². The summed E-state index contributed by atoms with van der Waals surface area (Å²) in [5, 5.41) is 13.5. The van der Waals surface area contributed by atoms with Gasteiger partial charge in [0.15, 0.2) is 46.4 Å². The minimum absolute atomic E-state index is 0.0444. The van der Waals surface area contributed by atoms with E-state index in [9.17, 15) is 27.2 Å². The first-order chi connectivity index (χ1) is 34.3. The van der Waals surface area contributed by atoms with Gasteiger partial charge >= 0.3 is 0 Å². The highest BCUT2D eigenvalue weighted by Crippen LogP contribution is 2.27. The number of hydrogen-bond donors (Lipinski definition) is 6. The van der Waals surface area contributed by atoms with E-state index in [0.717, 1.165) is 24.5 Å². The molecule has 1 amide bonds. The SMILES string of the molecule is C=CC(=O)Cl.C=CC(=O)Nc1cccc(Nc2nc(Nc3ccc(OCCOCCOC)c(F)c3)ncc2F)c1.COCCOCCOc1ccc(Nc2ncc(F)c(Nc3cccc(N)c3)n2)cc1F. The van der Waals surface area contributed by atoms with E-state index in [2.05, 4.69) is 59.7 Å². The molecule has 0 radical (unpaired) electrons. The number of amides is 1. The minimum atomic E-state index is -0.696. The summed E-state index contributed by atoms with van der Waals surface area (Å²) in [6.45, 7) is 9.30. The third-order valence-electron chi connectivity index (χ3n) is 8.59. The third-order valence-corrected chi connectivity index (χ3v) is 8.74. The Hall–Kier alpha value is -7.89. The number of nitrogens with two attached hydrogens (primary N) is 1. The zero-order valence-electron chi connectivity index (χ0n) is 38.5. The van der Waals surface area contributed by atoms with Crippen LogP contribution in [0.25, 0.3) is 0 Å². The van der Waals surface area contributed by atoms with Gasteiger partial charge in [0, 0.05) is 60.5 Å². The fraction of sp³-hybridized carbons (Fsp3) is 0.208. The van der Waals surface area contributed by atoms with Crippen LogP contribution in [0.2, 0.25) is 0 Å². The fourth-order valence-corrected chi connectivity index (χ4v) is 5.35. The van der Waals surface area contributed by atoms with Crippen LogP contribution in [-0.2, 0) is 28.5 Å². The van der Waals surface area contributed by atoms with Crippen LogP contribution in [-0.4, -0.2) is 98.2 Å². The van der Waals surface area contributed by atoms with Gasteiger partial charge in [-0.1, -0.05) is 25.3 Å². The summed E-state index contributed by atoms with van der Waals surface area (Å²) in [7, 11) is 3.16. The average molecular weight is 1010 g/mol. The molecule has 0 aliphatic rings. The predicted octanol–water partition coefficient (Wildman–Crippen LogP) is 9.21. The summed E-state index contributed by atoms with van der Waals surface area (Å²) in [6.07, 6.45) is 4.18. The normalized spacial score (nSPS) is 10.3. The quantitative estimate of drug-likeness (QED) is 0.0103. The van der Waals surface area contributed by atoms with E-state index in [4.69, 9.17) is 45.8 Å². The zero-order chi connectivity index (χ0) is 51.4. The zero-order valence-corrected chi connectivity index (χ0v) is 39.2. The maximum Gasteiger partial charge on any atom is 0.247 e. The molecule has 0 aliphatic carbocycles. The number of anilines is 10. The predicted molar refractivity (Wildman–Crippen MR) is 263 cm³/mol. The van der Waals surface area contributed by atoms with Crippen molar-refractivity contribution in [3.05, 3.63) is 146 Å². The molecular weight excluding hydrogens is 956 g/mol. The first-order valence-corrected chi connectivity index (χ1v) is 21.5. The number of halogens is 5. The van der Waals surface area contributed by atoms with Crippen LogP contribution in [0.5, 0.6) is 11.5 Å². The molecule has 0 spiro atoms. The van der Waals surface area contributed by atoms with Crippen molar-refractivity contribution in [2.24, 2.45) is 0 Å². The lowest BCUT2D eigenvalue weighted by Gasteiger charge is -2.12. The third kappa shape index (κ3) is 20.7. The van der Waals surface area contributed by atoms with Crippen molar-refractivity contribution >= 4 is 80.4 Å². The molecule has 4 aromatic carbocycles. The van der Waals surface area contributed by atoms with Crippen molar-refractivity contribution in [2.45, 2.75) is 0 Å². The smallest absolute Gasteiger partial charge is 0.247 e. The number of hydrogen-bond acceptors (Lipinski definition) is 17. The number of nitrogens with zero attached hydrogens (tertiary/aromatic N) is 4. The van der Waals surface area contributed by atoms with Gasteiger partial charge in [-0.2, -0.15) is 9.97 Å². The van der Waals surface area contributed by atoms with E-state index in [1.165, 1.54) is 24.3 Å². The van der Waals surface area contributed by atoms with E-state index in [-0.39, 0.29) is 54.2 Å². The van der Waals surface area contributed by atoms with Crippen LogP contribution in [0.4, 0.5) is 75.2 Å². The molecule has 2 aromatic heterocycles. The van der Waals surface area contributed by atoms with Gasteiger partial charge in [-0.05, 0) is 84.4 Å². The Kier molecular flexibility index (Phi) is 24.0. The lowest BCUT2D eigenvalue weighted by atomic mass is 10.2. The van der Waals surface area contributed by atoms with Crippen LogP contribution in [0.15, 0.2) is 123 Å². The van der Waals surface area contributed by atoms with Crippen molar-refractivity contribution in [1.82, 2.24) is 19.9 Å². The second kappa shape index (κ2) is 30.6. The molecule has 0 aliphatic heterocycles. The molecule has 6 aromatic rings. The molecular formula is C48H51ClF4N10O8. The molecule has 6 rings (SSSR count). The van der Waals surface area contributed by atoms with Crippen molar-refractivity contribution in [3.8, 4) is 11.5 Å². The Morgan fingerprint density at radius 3 is 1.45 bits per heavy atom. The molecule has 71 heavy (non-hydrogen) atoms. The van der Waals surface area contributed by atoms with E-state index in [0.29, 0.717) is 73.8 Å². The van der Waals surface area contributed by atoms with Crippen LogP contribution in [0.3, 0.4) is 0 Å². The second-order valence-electron chi connectivity index (χ2n) is 13.9. The van der Waals surface area contributed by atoms with E-state index >= 15 is 0 Å². The topological polar surface area (TPSA) is 227 Å². The summed E-state index contributed by atoms with van der Waals surface area (Å²) in [5.74, 6) is -2.73. The number of methoxy groups -OCH3 is 2. The number of allylic oxidation sites excluding steroid dienone is 1. The maximum atomic E-state index is 14.4. The van der Waals surface area contributed by atoms with Crippen molar-refractivity contribution in [3.63, 3.8) is 0 Å². The minimum Gasteiger partial charge on any atom is -0.488 e. The average Bonchev–Trinajstić information content (AvgIpc) is 3.35. The summed E-state index contributed by atoms with van der Waals surface area (Å²) < 4.78 is 88.1. The number of rotatable bonds is 25. The van der Waals surface area contributed by atoms with Gasteiger partial charge in [0.2, 0.25) is 23.0 Å². The van der Waals surface area contributed by atoms with Gasteiger partial charge in [-0.3, -0.25) is 9.59 Å². The summed E-state index contributed by atoms with van der Waals surface area (Å²) in [4.78, 5) is 36.9. The van der Waals surface area contributed by atoms with Gasteiger partial charge in [-0.15, -0.1) is 0 Å². The fourth-order valence-electron chi connectivity index (χ4n) is 5.35. The largest absolute Gasteiger partial charge is 0.488 e. The number of aromatic nitrogens is 4. The Bertz CT molecular complexity index is 2680. The highest BCUT2D eigenvalue weighted by molar-refractivity contribution is 6.66. The van der Waals surface area contributed by atoms with Crippen LogP contribution in [0, 0.1) is 23.3 Å². The van der Waals surface area contributed by atoms with Gasteiger partial charge in [-0.25, -0.2) is 27.5 Å². The summed E-state index contributed by atoms with van der Waals surface area (Å²) >= 11 is 4.71. The van der Waals surface area contributed by atoms with Crippen LogP contribution < -0.4 is 41.8 Å². The molecule has 0 unspecified atom stereocenters. The van der Waals surface area contributed by atoms with Crippen LogP contribution >= 0.6 is 11.6 Å². The van der Waals surface area contributed by atoms with Gasteiger partial charge < -0.3 is 60.7 Å². The van der Waals surface area contributed by atoms with E-state index in [1.54, 1.807) is 74.9 Å². The number of ether oxygens (including phenoxy) is 6. The molecule has 18 nitrogen and oxygen atoms in total. The molecule has 7 N–H and O–H groups in total. The Balaban J connectivity index is 0.000000283. The molecule has 2 heterocycles. The highest BCUT2D eigenvalue weighted by atomic mass is 35.5. The Morgan fingerprint density at radius 1 is 0.577 bits per heavy atom. The summed E-state index contributed by atoms with van der Waals surface area (Å²) in [6, 6.07) is 22.0. The van der Waals surface area contributed by atoms with Gasteiger partial charge in [0.05, 0.1) is 52.0 Å². The molecule has 0 saturated carbocycles. The Morgan fingerprint density at radius 2 is 1.01 bits per heavy atom. The molecule has 0 saturated heterocycles. The van der Waals surface area contributed by atoms with Crippen molar-refractivity contribution in [1.29, 1.82) is 0 Å². The lowest BCUT2D eigenvalue weighted by molar-refractivity contribution is -0.112.